The largest absolute Gasteiger partial charge is 4.00 e. The van der Waals surface area contributed by atoms with Crippen molar-refractivity contribution in [3.05, 3.63) is 82.5 Å². The predicted molar refractivity (Wildman–Crippen MR) is 112 cm³/mol. The Morgan fingerprint density at radius 2 is 1.66 bits per heavy atom. The molecule has 0 saturated heterocycles. The first-order valence-corrected chi connectivity index (χ1v) is 9.82. The average Bonchev–Trinajstić information content (AvgIpc) is 3.26. The molecule has 0 radical (unpaired) electrons. The van der Waals surface area contributed by atoms with Crippen LogP contribution in [0, 0.1) is 37.8 Å². The van der Waals surface area contributed by atoms with Crippen LogP contribution in [0.4, 0.5) is 0 Å². The molecular weight excluding hydrogens is 474 g/mol. The van der Waals surface area contributed by atoms with E-state index in [1.165, 1.54) is 38.9 Å². The van der Waals surface area contributed by atoms with E-state index in [-0.39, 0.29) is 51.0 Å². The molecule has 2 aliphatic rings. The first-order valence-electron chi connectivity index (χ1n) is 9.82. The third-order valence-corrected chi connectivity index (χ3v) is 5.73. The first-order chi connectivity index (χ1) is 12.5. The fraction of sp³-hybridized carbons (Fsp3) is 0.385. The van der Waals surface area contributed by atoms with Gasteiger partial charge >= 0.3 is 26.2 Å². The summed E-state index contributed by atoms with van der Waals surface area (Å²) in [5.41, 5.74) is 9.84. The van der Waals surface area contributed by atoms with Crippen LogP contribution < -0.4 is 24.8 Å². The molecule has 2 aliphatic carbocycles. The number of benzene rings is 2. The van der Waals surface area contributed by atoms with Gasteiger partial charge < -0.3 is 24.8 Å². The Labute approximate surface area is 209 Å². The molecule has 0 fully saturated rings. The zero-order valence-corrected chi connectivity index (χ0v) is 22.0. The molecule has 2 aromatic carbocycles. The van der Waals surface area contributed by atoms with Gasteiger partial charge in [-0.2, -0.15) is 29.8 Å². The van der Waals surface area contributed by atoms with Gasteiger partial charge in [-0.05, 0) is 55.2 Å². The summed E-state index contributed by atoms with van der Waals surface area (Å²) in [6, 6.07) is 13.0. The molecular formula is C26H30Cl2Zr. The van der Waals surface area contributed by atoms with Crippen LogP contribution in [0.15, 0.2) is 42.5 Å². The quantitative estimate of drug-likeness (QED) is 0.464. The van der Waals surface area contributed by atoms with E-state index in [0.29, 0.717) is 5.92 Å². The molecule has 0 heterocycles. The molecule has 29 heavy (non-hydrogen) atoms. The second-order valence-electron chi connectivity index (χ2n) is 8.07. The Morgan fingerprint density at radius 3 is 2.21 bits per heavy atom. The van der Waals surface area contributed by atoms with E-state index >= 15 is 0 Å². The van der Waals surface area contributed by atoms with Crippen LogP contribution in [-0.4, -0.2) is 0 Å². The van der Waals surface area contributed by atoms with Crippen LogP contribution in [0.2, 0.25) is 0 Å². The molecule has 0 aliphatic heterocycles. The van der Waals surface area contributed by atoms with Crippen LogP contribution >= 0.6 is 0 Å². The van der Waals surface area contributed by atoms with E-state index in [4.69, 9.17) is 0 Å². The summed E-state index contributed by atoms with van der Waals surface area (Å²) in [4.78, 5) is 0. The van der Waals surface area contributed by atoms with E-state index < -0.39 is 0 Å². The minimum atomic E-state index is 0. The number of hydrogen-bond donors (Lipinski definition) is 0. The number of fused-ring (bicyclic) bond motifs is 3. The molecule has 1 atom stereocenters. The van der Waals surface area contributed by atoms with Gasteiger partial charge in [-0.1, -0.05) is 38.5 Å². The van der Waals surface area contributed by atoms with Crippen molar-refractivity contribution in [2.45, 2.75) is 53.9 Å². The maximum absolute atomic E-state index is 3.70. The third-order valence-electron chi connectivity index (χ3n) is 5.73. The predicted octanol–water partition coefficient (Wildman–Crippen LogP) is 0.821. The summed E-state index contributed by atoms with van der Waals surface area (Å²) < 4.78 is 0. The molecule has 0 amide bonds. The van der Waals surface area contributed by atoms with Crippen LogP contribution in [0.3, 0.4) is 0 Å². The summed E-state index contributed by atoms with van der Waals surface area (Å²) >= 11 is 0. The van der Waals surface area contributed by atoms with Crippen LogP contribution in [0.25, 0.3) is 11.1 Å². The average molecular weight is 505 g/mol. The Kier molecular flexibility index (Phi) is 12.7. The van der Waals surface area contributed by atoms with Gasteiger partial charge in [-0.25, -0.2) is 12.2 Å². The maximum Gasteiger partial charge on any atom is 4.00 e. The van der Waals surface area contributed by atoms with Gasteiger partial charge in [0.1, 0.15) is 0 Å². The van der Waals surface area contributed by atoms with Gasteiger partial charge in [0, 0.05) is 0 Å². The summed E-state index contributed by atoms with van der Waals surface area (Å²) in [6.07, 6.45) is 12.2. The molecule has 0 N–H and O–H groups in total. The fourth-order valence-corrected chi connectivity index (χ4v) is 3.48. The first kappa shape index (κ1) is 28.4. The fourth-order valence-electron chi connectivity index (χ4n) is 3.48. The molecule has 2 aromatic rings. The molecule has 0 aromatic heterocycles. The van der Waals surface area contributed by atoms with Gasteiger partial charge in [0.05, 0.1) is 0 Å². The topological polar surface area (TPSA) is 0 Å². The van der Waals surface area contributed by atoms with E-state index in [9.17, 15) is 0 Å². The maximum atomic E-state index is 3.70. The molecule has 0 spiro atoms. The van der Waals surface area contributed by atoms with Crippen molar-refractivity contribution in [3.63, 3.8) is 0 Å². The molecule has 152 valence electrons. The molecule has 4 rings (SSSR count). The van der Waals surface area contributed by atoms with Crippen molar-refractivity contribution < 1.29 is 51.0 Å². The Bertz CT molecular complexity index is 840. The van der Waals surface area contributed by atoms with Crippen molar-refractivity contribution in [2.75, 3.05) is 0 Å². The molecule has 0 saturated carbocycles. The Hall–Kier alpha value is -0.617. The zero-order valence-electron chi connectivity index (χ0n) is 18.1. The summed E-state index contributed by atoms with van der Waals surface area (Å²) in [6.45, 7) is 11.4. The van der Waals surface area contributed by atoms with Gasteiger partial charge in [0.15, 0.2) is 0 Å². The normalized spacial score (nSPS) is 13.3. The van der Waals surface area contributed by atoms with Crippen LogP contribution in [0.1, 0.15) is 55.0 Å². The Balaban J connectivity index is 0.000000863. The van der Waals surface area contributed by atoms with Crippen molar-refractivity contribution in [1.82, 2.24) is 0 Å². The van der Waals surface area contributed by atoms with Crippen molar-refractivity contribution in [2.24, 2.45) is 11.8 Å². The third kappa shape index (κ3) is 7.23. The monoisotopic (exact) mass is 502 g/mol. The number of allylic oxidation sites excluding steroid dienone is 4. The molecule has 0 nitrogen and oxygen atoms in total. The molecule has 0 bridgehead atoms. The van der Waals surface area contributed by atoms with Crippen molar-refractivity contribution in [3.8, 4) is 11.1 Å². The van der Waals surface area contributed by atoms with Gasteiger partial charge in [0.2, 0.25) is 0 Å². The minimum Gasteiger partial charge on any atom is -1.00 e. The SMILES string of the molecule is Cc1cc2c(cc1C)-c1ccc(CC(C)C(C)C)[c-]c1C2.[C-]1=CC=CC1.[Cl-].[Cl-].[Zr+4]. The van der Waals surface area contributed by atoms with Crippen LogP contribution in [-0.2, 0) is 39.0 Å². The van der Waals surface area contributed by atoms with Gasteiger partial charge in [-0.15, -0.1) is 17.5 Å². The molecule has 1 unspecified atom stereocenters. The number of halogens is 2. The van der Waals surface area contributed by atoms with E-state index in [1.54, 1.807) is 0 Å². The summed E-state index contributed by atoms with van der Waals surface area (Å²) in [5, 5.41) is 0. The van der Waals surface area contributed by atoms with Crippen molar-refractivity contribution in [1.29, 1.82) is 0 Å². The standard InChI is InChI=1S/C21H25.C5H5.2ClH.Zr/c1-13(2)14(3)8-17-6-7-20-19(11-17)12-18-9-15(4)16(5)10-21(18)20;1-2-4-5-3-1;;;/h6-7,9-10,13-14H,8,12H2,1-5H3;1-3H,4H2;2*1H;/q2*-1;;;+4/p-2. The van der Waals surface area contributed by atoms with Gasteiger partial charge in [-0.3, -0.25) is 6.08 Å². The second kappa shape index (κ2) is 12.9. The van der Waals surface area contributed by atoms with E-state index in [2.05, 4.69) is 77.1 Å². The smallest absolute Gasteiger partial charge is 1.00 e. The molecule has 3 heteroatoms. The number of rotatable bonds is 3. The van der Waals surface area contributed by atoms with Crippen LogP contribution in [0.5, 0.6) is 0 Å². The minimum absolute atomic E-state index is 0. The number of aryl methyl sites for hydroxylation is 2. The number of hydrogen-bond acceptors (Lipinski definition) is 0. The van der Waals surface area contributed by atoms with E-state index in [0.717, 1.165) is 25.2 Å². The Morgan fingerprint density at radius 1 is 0.966 bits per heavy atom. The van der Waals surface area contributed by atoms with E-state index in [1.807, 2.05) is 12.2 Å². The summed E-state index contributed by atoms with van der Waals surface area (Å²) in [7, 11) is 0. The van der Waals surface area contributed by atoms with Gasteiger partial charge in [0.25, 0.3) is 0 Å². The van der Waals surface area contributed by atoms with Crippen molar-refractivity contribution >= 4 is 0 Å². The summed E-state index contributed by atoms with van der Waals surface area (Å²) in [5.74, 6) is 1.45. The second-order valence-corrected chi connectivity index (χ2v) is 8.07. The zero-order chi connectivity index (χ0) is 18.7.